The van der Waals surface area contributed by atoms with Crippen LogP contribution in [0.1, 0.15) is 22.3 Å². The highest BCUT2D eigenvalue weighted by Crippen LogP contribution is 2.27. The molecule has 22 heavy (non-hydrogen) atoms. The van der Waals surface area contributed by atoms with Gasteiger partial charge in [-0.25, -0.2) is 4.98 Å². The van der Waals surface area contributed by atoms with Crippen LogP contribution in [0.15, 0.2) is 53.6 Å². The van der Waals surface area contributed by atoms with Crippen molar-refractivity contribution < 1.29 is 0 Å². The molecular weight excluding hydrogens is 288 g/mol. The lowest BCUT2D eigenvalue weighted by atomic mass is 10.1. The largest absolute Gasteiger partial charge is 0.241 e. The number of thioether (sulfide) groups is 1. The summed E-state index contributed by atoms with van der Waals surface area (Å²) in [5.74, 6) is 0.857. The Bertz CT molecular complexity index is 861. The summed E-state index contributed by atoms with van der Waals surface area (Å²) in [4.78, 5) is 4.79. The Morgan fingerprint density at radius 1 is 1.05 bits per heavy atom. The number of aryl methyl sites for hydroxylation is 2. The first-order valence-corrected chi connectivity index (χ1v) is 8.15. The Morgan fingerprint density at radius 3 is 2.55 bits per heavy atom. The first kappa shape index (κ1) is 14.6. The molecule has 0 amide bonds. The van der Waals surface area contributed by atoms with Gasteiger partial charge in [-0.3, -0.25) is 0 Å². The van der Waals surface area contributed by atoms with Gasteiger partial charge in [0.15, 0.2) is 0 Å². The van der Waals surface area contributed by atoms with Crippen LogP contribution in [-0.4, -0.2) is 4.98 Å². The molecular formula is C19H16N2S. The van der Waals surface area contributed by atoms with Crippen molar-refractivity contribution in [2.24, 2.45) is 0 Å². The lowest BCUT2D eigenvalue weighted by Gasteiger charge is -2.08. The van der Waals surface area contributed by atoms with Gasteiger partial charge in [-0.05, 0) is 48.7 Å². The summed E-state index contributed by atoms with van der Waals surface area (Å²) >= 11 is 1.73. The molecule has 0 aliphatic carbocycles. The van der Waals surface area contributed by atoms with Gasteiger partial charge in [0.1, 0.15) is 0 Å². The van der Waals surface area contributed by atoms with Crippen molar-refractivity contribution in [1.82, 2.24) is 4.98 Å². The minimum atomic E-state index is 0.698. The predicted octanol–water partition coefficient (Wildman–Crippen LogP) is 5.02. The summed E-state index contributed by atoms with van der Waals surface area (Å²) in [6, 6.07) is 18.3. The van der Waals surface area contributed by atoms with Gasteiger partial charge in [0.2, 0.25) is 0 Å². The number of hydrogen-bond acceptors (Lipinski definition) is 3. The van der Waals surface area contributed by atoms with Crippen LogP contribution in [0.4, 0.5) is 0 Å². The van der Waals surface area contributed by atoms with Gasteiger partial charge >= 0.3 is 0 Å². The van der Waals surface area contributed by atoms with E-state index in [0.717, 1.165) is 16.3 Å². The molecule has 0 saturated heterocycles. The number of rotatable bonds is 3. The third-order valence-corrected chi connectivity index (χ3v) is 4.68. The molecule has 0 N–H and O–H groups in total. The van der Waals surface area contributed by atoms with E-state index in [1.807, 2.05) is 24.3 Å². The van der Waals surface area contributed by atoms with E-state index in [1.165, 1.54) is 22.1 Å². The maximum Gasteiger partial charge on any atom is 0.0991 e. The van der Waals surface area contributed by atoms with Crippen LogP contribution >= 0.6 is 11.8 Å². The molecule has 3 rings (SSSR count). The zero-order chi connectivity index (χ0) is 15.5. The van der Waals surface area contributed by atoms with Gasteiger partial charge in [0, 0.05) is 11.1 Å². The zero-order valence-electron chi connectivity index (χ0n) is 12.6. The molecule has 2 nitrogen and oxygen atoms in total. The maximum absolute atomic E-state index is 8.83. The fourth-order valence-electron chi connectivity index (χ4n) is 2.44. The molecule has 0 saturated carbocycles. The van der Waals surface area contributed by atoms with E-state index in [1.54, 1.807) is 11.8 Å². The summed E-state index contributed by atoms with van der Waals surface area (Å²) in [6.07, 6.45) is 0. The molecule has 0 radical (unpaired) electrons. The highest BCUT2D eigenvalue weighted by atomic mass is 32.2. The topological polar surface area (TPSA) is 36.7 Å². The Morgan fingerprint density at radius 2 is 1.82 bits per heavy atom. The number of aromatic nitrogens is 1. The third kappa shape index (κ3) is 2.98. The van der Waals surface area contributed by atoms with Gasteiger partial charge in [0.05, 0.1) is 22.2 Å². The minimum absolute atomic E-state index is 0.698. The smallest absolute Gasteiger partial charge is 0.0991 e. The van der Waals surface area contributed by atoms with Crippen LogP contribution in [0.2, 0.25) is 0 Å². The quantitative estimate of drug-likeness (QED) is 0.638. The van der Waals surface area contributed by atoms with E-state index in [9.17, 15) is 0 Å². The third-order valence-electron chi connectivity index (χ3n) is 3.69. The highest BCUT2D eigenvalue weighted by Gasteiger charge is 2.06. The molecule has 0 fully saturated rings. The Kier molecular flexibility index (Phi) is 4.13. The van der Waals surface area contributed by atoms with E-state index >= 15 is 0 Å². The SMILES string of the molecule is Cc1cc(SCc2ccc(C#N)cc2)nc2c(C)cccc12. The van der Waals surface area contributed by atoms with E-state index < -0.39 is 0 Å². The van der Waals surface area contributed by atoms with Crippen molar-refractivity contribution in [1.29, 1.82) is 5.26 Å². The monoisotopic (exact) mass is 304 g/mol. The van der Waals surface area contributed by atoms with Crippen molar-refractivity contribution in [3.8, 4) is 6.07 Å². The molecule has 3 aromatic rings. The van der Waals surface area contributed by atoms with Crippen LogP contribution in [0.5, 0.6) is 0 Å². The fourth-order valence-corrected chi connectivity index (χ4v) is 3.36. The summed E-state index contributed by atoms with van der Waals surface area (Å²) < 4.78 is 0. The number of nitriles is 1. The number of benzene rings is 2. The molecule has 108 valence electrons. The van der Waals surface area contributed by atoms with E-state index in [2.05, 4.69) is 44.2 Å². The van der Waals surface area contributed by atoms with Crippen molar-refractivity contribution >= 4 is 22.7 Å². The van der Waals surface area contributed by atoms with Crippen LogP contribution < -0.4 is 0 Å². The molecule has 1 aromatic heterocycles. The predicted molar refractivity (Wildman–Crippen MR) is 91.9 cm³/mol. The second-order valence-corrected chi connectivity index (χ2v) is 6.34. The molecule has 0 aliphatic heterocycles. The first-order chi connectivity index (χ1) is 10.7. The Hall–Kier alpha value is -2.31. The van der Waals surface area contributed by atoms with Gasteiger partial charge in [0.25, 0.3) is 0 Å². The van der Waals surface area contributed by atoms with Crippen LogP contribution in [0.3, 0.4) is 0 Å². The average molecular weight is 304 g/mol. The van der Waals surface area contributed by atoms with E-state index in [4.69, 9.17) is 10.2 Å². The molecule has 0 aliphatic rings. The molecule has 0 bridgehead atoms. The standard InChI is InChI=1S/C19H16N2S/c1-13-4-3-5-17-14(2)10-18(21-19(13)17)22-12-16-8-6-15(11-20)7-9-16/h3-10H,12H2,1-2H3. The van der Waals surface area contributed by atoms with Gasteiger partial charge < -0.3 is 0 Å². The maximum atomic E-state index is 8.83. The zero-order valence-corrected chi connectivity index (χ0v) is 13.4. The molecule has 2 aromatic carbocycles. The van der Waals surface area contributed by atoms with Crippen LogP contribution in [0, 0.1) is 25.2 Å². The van der Waals surface area contributed by atoms with Crippen LogP contribution in [0.25, 0.3) is 10.9 Å². The Labute approximate surface area is 134 Å². The second-order valence-electron chi connectivity index (χ2n) is 5.35. The lowest BCUT2D eigenvalue weighted by Crippen LogP contribution is -1.90. The van der Waals surface area contributed by atoms with E-state index in [0.29, 0.717) is 5.56 Å². The Balaban J connectivity index is 1.84. The number of pyridine rings is 1. The highest BCUT2D eigenvalue weighted by molar-refractivity contribution is 7.98. The molecule has 3 heteroatoms. The van der Waals surface area contributed by atoms with Crippen molar-refractivity contribution in [2.45, 2.75) is 24.6 Å². The normalized spacial score (nSPS) is 10.6. The fraction of sp³-hybridized carbons (Fsp3) is 0.158. The number of hydrogen-bond donors (Lipinski definition) is 0. The summed E-state index contributed by atoms with van der Waals surface area (Å²) in [6.45, 7) is 4.24. The van der Waals surface area contributed by atoms with Crippen molar-refractivity contribution in [3.05, 3.63) is 70.8 Å². The second kappa shape index (κ2) is 6.21. The molecule has 1 heterocycles. The number of para-hydroxylation sites is 1. The van der Waals surface area contributed by atoms with Gasteiger partial charge in [-0.1, -0.05) is 30.3 Å². The molecule has 0 unspecified atom stereocenters. The van der Waals surface area contributed by atoms with Crippen molar-refractivity contribution in [2.75, 3.05) is 0 Å². The lowest BCUT2D eigenvalue weighted by molar-refractivity contribution is 1.15. The minimum Gasteiger partial charge on any atom is -0.241 e. The van der Waals surface area contributed by atoms with Crippen molar-refractivity contribution in [3.63, 3.8) is 0 Å². The van der Waals surface area contributed by atoms with Gasteiger partial charge in [-0.2, -0.15) is 5.26 Å². The number of fused-ring (bicyclic) bond motifs is 1. The number of nitrogens with zero attached hydrogens (tertiary/aromatic N) is 2. The summed E-state index contributed by atoms with van der Waals surface area (Å²) in [5, 5.41) is 11.1. The van der Waals surface area contributed by atoms with E-state index in [-0.39, 0.29) is 0 Å². The first-order valence-electron chi connectivity index (χ1n) is 7.16. The average Bonchev–Trinajstić information content (AvgIpc) is 2.54. The van der Waals surface area contributed by atoms with Gasteiger partial charge in [-0.15, -0.1) is 11.8 Å². The molecule has 0 atom stereocenters. The summed E-state index contributed by atoms with van der Waals surface area (Å²) in [7, 11) is 0. The summed E-state index contributed by atoms with van der Waals surface area (Å²) in [5.41, 5.74) is 5.46. The van der Waals surface area contributed by atoms with Crippen LogP contribution in [-0.2, 0) is 5.75 Å². The molecule has 0 spiro atoms.